The number of hydrogen-bond donors (Lipinski definition) is 0. The largest absolute Gasteiger partial charge is 0.300 e. The van der Waals surface area contributed by atoms with Gasteiger partial charge in [-0.25, -0.2) is 0 Å². The van der Waals surface area contributed by atoms with Crippen molar-refractivity contribution in [2.24, 2.45) is 0 Å². The first-order valence-corrected chi connectivity index (χ1v) is 7.31. The number of Topliss-reactive ketones (excluding diaryl/α,β-unsaturated/α-hetero) is 1. The van der Waals surface area contributed by atoms with Gasteiger partial charge in [0.15, 0.2) is 0 Å². The summed E-state index contributed by atoms with van der Waals surface area (Å²) >= 11 is 1.87. The Labute approximate surface area is 108 Å². The van der Waals surface area contributed by atoms with Crippen LogP contribution in [0.3, 0.4) is 0 Å². The van der Waals surface area contributed by atoms with Gasteiger partial charge in [-0.1, -0.05) is 26.0 Å². The Balaban J connectivity index is 1.96. The van der Waals surface area contributed by atoms with Gasteiger partial charge in [-0.3, -0.25) is 4.79 Å². The predicted octanol–water partition coefficient (Wildman–Crippen LogP) is 4.41. The summed E-state index contributed by atoms with van der Waals surface area (Å²) in [6.07, 6.45) is 3.81. The molecular weight excluding hydrogens is 228 g/mol. The molecule has 0 bridgehead atoms. The zero-order valence-corrected chi connectivity index (χ0v) is 11.4. The Bertz CT molecular complexity index is 380. The van der Waals surface area contributed by atoms with Crippen LogP contribution >= 0.6 is 11.8 Å². The fourth-order valence-corrected chi connectivity index (χ4v) is 3.44. The lowest BCUT2D eigenvalue weighted by molar-refractivity contribution is -0.120. The highest BCUT2D eigenvalue weighted by Gasteiger charge is 2.20. The summed E-state index contributed by atoms with van der Waals surface area (Å²) in [4.78, 5) is 12.7. The van der Waals surface area contributed by atoms with E-state index in [1.165, 1.54) is 16.9 Å². The van der Waals surface area contributed by atoms with E-state index in [-0.39, 0.29) is 0 Å². The maximum absolute atomic E-state index is 11.4. The molecule has 1 fully saturated rings. The van der Waals surface area contributed by atoms with Gasteiger partial charge >= 0.3 is 0 Å². The predicted molar refractivity (Wildman–Crippen MR) is 73.7 cm³/mol. The smallest absolute Gasteiger partial charge is 0.134 e. The number of ketones is 1. The van der Waals surface area contributed by atoms with E-state index in [1.807, 2.05) is 11.8 Å². The molecule has 92 valence electrons. The molecule has 1 nitrogen and oxygen atoms in total. The highest BCUT2D eigenvalue weighted by Crippen LogP contribution is 2.32. The summed E-state index contributed by atoms with van der Waals surface area (Å²) in [5, 5.41) is 0.501. The van der Waals surface area contributed by atoms with Crippen molar-refractivity contribution in [2.75, 3.05) is 0 Å². The summed E-state index contributed by atoms with van der Waals surface area (Å²) in [6, 6.07) is 8.80. The standard InChI is InChI=1S/C15H20OS/c1-11(2)12-6-8-14(9-7-12)17-15-5-3-4-13(16)10-15/h6-9,11,15H,3-5,10H2,1-2H3. The molecule has 0 spiro atoms. The summed E-state index contributed by atoms with van der Waals surface area (Å²) < 4.78 is 0. The Morgan fingerprint density at radius 2 is 1.94 bits per heavy atom. The Kier molecular flexibility index (Phi) is 4.27. The molecular formula is C15H20OS. The second-order valence-electron chi connectivity index (χ2n) is 5.10. The topological polar surface area (TPSA) is 17.1 Å². The third-order valence-electron chi connectivity index (χ3n) is 3.29. The van der Waals surface area contributed by atoms with E-state index in [1.54, 1.807) is 0 Å². The molecule has 0 radical (unpaired) electrons. The molecule has 0 aromatic heterocycles. The molecule has 0 amide bonds. The highest BCUT2D eigenvalue weighted by molar-refractivity contribution is 8.00. The van der Waals surface area contributed by atoms with Crippen LogP contribution in [-0.4, -0.2) is 11.0 Å². The number of benzene rings is 1. The van der Waals surface area contributed by atoms with Crippen molar-refractivity contribution in [1.29, 1.82) is 0 Å². The van der Waals surface area contributed by atoms with Gasteiger partial charge in [0.2, 0.25) is 0 Å². The van der Waals surface area contributed by atoms with E-state index >= 15 is 0 Å². The van der Waals surface area contributed by atoms with Gasteiger partial charge in [-0.2, -0.15) is 0 Å². The van der Waals surface area contributed by atoms with Crippen LogP contribution in [0.25, 0.3) is 0 Å². The number of rotatable bonds is 3. The van der Waals surface area contributed by atoms with Crippen molar-refractivity contribution in [2.45, 2.75) is 55.6 Å². The van der Waals surface area contributed by atoms with E-state index in [0.717, 1.165) is 19.3 Å². The average molecular weight is 248 g/mol. The average Bonchev–Trinajstić information content (AvgIpc) is 2.29. The van der Waals surface area contributed by atoms with Crippen molar-refractivity contribution < 1.29 is 4.79 Å². The molecule has 2 rings (SSSR count). The second-order valence-corrected chi connectivity index (χ2v) is 6.47. The molecule has 17 heavy (non-hydrogen) atoms. The van der Waals surface area contributed by atoms with Crippen LogP contribution in [0.5, 0.6) is 0 Å². The van der Waals surface area contributed by atoms with Crippen LogP contribution in [0, 0.1) is 0 Å². The molecule has 2 heteroatoms. The van der Waals surface area contributed by atoms with Crippen molar-refractivity contribution >= 4 is 17.5 Å². The first-order valence-electron chi connectivity index (χ1n) is 6.43. The molecule has 1 aliphatic rings. The lowest BCUT2D eigenvalue weighted by Crippen LogP contribution is -2.16. The third-order valence-corrected chi connectivity index (χ3v) is 4.57. The quantitative estimate of drug-likeness (QED) is 0.788. The van der Waals surface area contributed by atoms with Crippen molar-refractivity contribution in [3.8, 4) is 0 Å². The Hall–Kier alpha value is -0.760. The lowest BCUT2D eigenvalue weighted by atomic mass is 9.99. The minimum atomic E-state index is 0.438. The molecule has 1 aromatic rings. The summed E-state index contributed by atoms with van der Waals surface area (Å²) in [5.74, 6) is 1.03. The van der Waals surface area contributed by atoms with Gasteiger partial charge in [-0.05, 0) is 36.5 Å². The molecule has 1 aliphatic carbocycles. The first-order chi connectivity index (χ1) is 8.15. The minimum absolute atomic E-state index is 0.438. The molecule has 1 aromatic carbocycles. The van der Waals surface area contributed by atoms with Crippen molar-refractivity contribution in [3.63, 3.8) is 0 Å². The maximum Gasteiger partial charge on any atom is 0.134 e. The van der Waals surface area contributed by atoms with Gasteiger partial charge in [0.25, 0.3) is 0 Å². The Morgan fingerprint density at radius 1 is 1.24 bits per heavy atom. The van der Waals surface area contributed by atoms with E-state index in [0.29, 0.717) is 17.0 Å². The molecule has 0 aliphatic heterocycles. The van der Waals surface area contributed by atoms with Gasteiger partial charge < -0.3 is 0 Å². The van der Waals surface area contributed by atoms with Gasteiger partial charge in [0, 0.05) is 23.0 Å². The summed E-state index contributed by atoms with van der Waals surface area (Å²) in [7, 11) is 0. The first kappa shape index (κ1) is 12.7. The zero-order valence-electron chi connectivity index (χ0n) is 10.6. The van der Waals surface area contributed by atoms with Crippen molar-refractivity contribution in [1.82, 2.24) is 0 Å². The summed E-state index contributed by atoms with van der Waals surface area (Å²) in [5.41, 5.74) is 1.38. The number of thioether (sulfide) groups is 1. The minimum Gasteiger partial charge on any atom is -0.300 e. The van der Waals surface area contributed by atoms with Gasteiger partial charge in [-0.15, -0.1) is 11.8 Å². The van der Waals surface area contributed by atoms with Crippen LogP contribution in [0.1, 0.15) is 51.0 Å². The zero-order chi connectivity index (χ0) is 12.3. The monoisotopic (exact) mass is 248 g/mol. The number of carbonyl (C=O) groups is 1. The van der Waals surface area contributed by atoms with Crippen LogP contribution in [0.15, 0.2) is 29.2 Å². The number of hydrogen-bond acceptors (Lipinski definition) is 2. The summed E-state index contributed by atoms with van der Waals surface area (Å²) in [6.45, 7) is 4.42. The van der Waals surface area contributed by atoms with Gasteiger partial charge in [0.05, 0.1) is 0 Å². The number of carbonyl (C=O) groups excluding carboxylic acids is 1. The van der Waals surface area contributed by atoms with Gasteiger partial charge in [0.1, 0.15) is 5.78 Å². The molecule has 0 saturated heterocycles. The fourth-order valence-electron chi connectivity index (χ4n) is 2.21. The SMILES string of the molecule is CC(C)c1ccc(SC2CCCC(=O)C2)cc1. The van der Waals surface area contributed by atoms with Crippen molar-refractivity contribution in [3.05, 3.63) is 29.8 Å². The third kappa shape index (κ3) is 3.60. The molecule has 0 heterocycles. The molecule has 1 atom stereocenters. The van der Waals surface area contributed by atoms with Crippen LogP contribution < -0.4 is 0 Å². The maximum atomic E-state index is 11.4. The fraction of sp³-hybridized carbons (Fsp3) is 0.533. The van der Waals surface area contributed by atoms with Crippen LogP contribution in [-0.2, 0) is 4.79 Å². The lowest BCUT2D eigenvalue weighted by Gasteiger charge is -2.20. The Morgan fingerprint density at radius 3 is 2.53 bits per heavy atom. The normalized spacial score (nSPS) is 20.9. The van der Waals surface area contributed by atoms with E-state index < -0.39 is 0 Å². The second kappa shape index (κ2) is 5.72. The van der Waals surface area contributed by atoms with E-state index in [2.05, 4.69) is 38.1 Å². The van der Waals surface area contributed by atoms with E-state index in [4.69, 9.17) is 0 Å². The highest BCUT2D eigenvalue weighted by atomic mass is 32.2. The van der Waals surface area contributed by atoms with Crippen LogP contribution in [0.2, 0.25) is 0 Å². The van der Waals surface area contributed by atoms with Crippen LogP contribution in [0.4, 0.5) is 0 Å². The van der Waals surface area contributed by atoms with E-state index in [9.17, 15) is 4.79 Å². The molecule has 0 N–H and O–H groups in total. The molecule has 1 unspecified atom stereocenters. The molecule has 1 saturated carbocycles.